The molecule has 1 N–H and O–H groups in total. The van der Waals surface area contributed by atoms with E-state index < -0.39 is 5.54 Å². The van der Waals surface area contributed by atoms with Crippen molar-refractivity contribution < 1.29 is 14.3 Å². The molecule has 0 bridgehead atoms. The van der Waals surface area contributed by atoms with E-state index in [1.54, 1.807) is 20.2 Å². The first-order chi connectivity index (χ1) is 16.3. The molecule has 5 rings (SSSR count). The summed E-state index contributed by atoms with van der Waals surface area (Å²) in [6.45, 7) is 5.59. The van der Waals surface area contributed by atoms with E-state index in [1.807, 2.05) is 26.1 Å². The Bertz CT molecular complexity index is 1220. The van der Waals surface area contributed by atoms with Gasteiger partial charge >= 0.3 is 6.03 Å². The van der Waals surface area contributed by atoms with E-state index >= 15 is 0 Å². The molecular formula is C28H31N3O3. The van der Waals surface area contributed by atoms with Gasteiger partial charge in [-0.1, -0.05) is 18.1 Å². The number of fused-ring (bicyclic) bond motifs is 3. The molecule has 1 saturated heterocycles. The zero-order valence-corrected chi connectivity index (χ0v) is 20.3. The fourth-order valence-corrected chi connectivity index (χ4v) is 6.34. The summed E-state index contributed by atoms with van der Waals surface area (Å²) in [5, 5.41) is 3.23. The van der Waals surface area contributed by atoms with Gasteiger partial charge in [0, 0.05) is 42.1 Å². The van der Waals surface area contributed by atoms with Gasteiger partial charge in [-0.2, -0.15) is 0 Å². The van der Waals surface area contributed by atoms with Crippen LogP contribution in [0.3, 0.4) is 0 Å². The fraction of sp³-hybridized carbons (Fsp3) is 0.464. The normalized spacial score (nSPS) is 27.8. The van der Waals surface area contributed by atoms with Crippen LogP contribution in [0.5, 0.6) is 0 Å². The van der Waals surface area contributed by atoms with Gasteiger partial charge in [0.05, 0.1) is 6.10 Å². The molecule has 2 fully saturated rings. The molecule has 2 spiro atoms. The molecule has 176 valence electrons. The number of urea groups is 1. The molecule has 3 amide bonds. The van der Waals surface area contributed by atoms with Crippen molar-refractivity contribution in [1.29, 1.82) is 0 Å². The summed E-state index contributed by atoms with van der Waals surface area (Å²) in [6.07, 6.45) is 7.96. The Morgan fingerprint density at radius 2 is 1.91 bits per heavy atom. The summed E-state index contributed by atoms with van der Waals surface area (Å²) in [5.74, 6) is 5.86. The summed E-state index contributed by atoms with van der Waals surface area (Å²) in [5.41, 5.74) is 3.42. The third-order valence-corrected chi connectivity index (χ3v) is 7.97. The third-order valence-electron chi connectivity index (χ3n) is 7.97. The lowest BCUT2D eigenvalue weighted by Gasteiger charge is -2.46. The maximum atomic E-state index is 14.1. The van der Waals surface area contributed by atoms with Crippen LogP contribution in [0.4, 0.5) is 4.79 Å². The number of hydrogen-bond donors (Lipinski definition) is 1. The first-order valence-corrected chi connectivity index (χ1v) is 12.1. The lowest BCUT2D eigenvalue weighted by Crippen LogP contribution is -2.57. The predicted molar refractivity (Wildman–Crippen MR) is 130 cm³/mol. The van der Waals surface area contributed by atoms with Crippen LogP contribution in [0, 0.1) is 17.3 Å². The highest BCUT2D eigenvalue weighted by Crippen LogP contribution is 2.60. The second-order valence-electron chi connectivity index (χ2n) is 10.1. The molecule has 6 heteroatoms. The van der Waals surface area contributed by atoms with E-state index in [1.165, 1.54) is 4.90 Å². The summed E-state index contributed by atoms with van der Waals surface area (Å²) in [4.78, 5) is 33.1. The highest BCUT2D eigenvalue weighted by atomic mass is 16.5. The van der Waals surface area contributed by atoms with Crippen LogP contribution >= 0.6 is 0 Å². The van der Waals surface area contributed by atoms with E-state index in [4.69, 9.17) is 4.74 Å². The minimum absolute atomic E-state index is 0.122. The molecule has 6 nitrogen and oxygen atoms in total. The molecule has 1 saturated carbocycles. The highest BCUT2D eigenvalue weighted by Gasteiger charge is 2.68. The molecule has 1 atom stereocenters. The number of aromatic nitrogens is 1. The van der Waals surface area contributed by atoms with Crippen LogP contribution in [-0.4, -0.2) is 41.1 Å². The summed E-state index contributed by atoms with van der Waals surface area (Å²) >= 11 is 0. The van der Waals surface area contributed by atoms with Crippen molar-refractivity contribution in [2.75, 3.05) is 7.11 Å². The molecule has 1 aliphatic heterocycles. The van der Waals surface area contributed by atoms with Crippen LogP contribution in [0.2, 0.25) is 0 Å². The largest absolute Gasteiger partial charge is 0.381 e. The van der Waals surface area contributed by atoms with Crippen molar-refractivity contribution in [2.45, 2.75) is 70.6 Å². The van der Waals surface area contributed by atoms with Crippen molar-refractivity contribution in [1.82, 2.24) is 15.2 Å². The smallest absolute Gasteiger partial charge is 0.325 e. The minimum atomic E-state index is -1.05. The number of carbonyl (C=O) groups excluding carboxylic acids is 2. The molecule has 2 aliphatic carbocycles. The van der Waals surface area contributed by atoms with Crippen molar-refractivity contribution in [3.05, 3.63) is 53.3 Å². The number of nitrogens with one attached hydrogen (secondary N) is 1. The summed E-state index contributed by atoms with van der Waals surface area (Å²) in [6, 6.07) is 7.82. The Kier molecular flexibility index (Phi) is 5.49. The number of pyridine rings is 1. The highest BCUT2D eigenvalue weighted by molar-refractivity contribution is 6.09. The quantitative estimate of drug-likeness (QED) is 0.548. The molecule has 3 aliphatic rings. The van der Waals surface area contributed by atoms with Crippen molar-refractivity contribution >= 4 is 11.9 Å². The number of benzene rings is 1. The third kappa shape index (κ3) is 3.18. The molecule has 0 radical (unpaired) electrons. The molecule has 2 aromatic rings. The van der Waals surface area contributed by atoms with E-state index in [9.17, 15) is 9.59 Å². The average Bonchev–Trinajstić information content (AvgIpc) is 3.25. The number of ether oxygens (including phenoxy) is 1. The molecule has 1 aromatic heterocycles. The Morgan fingerprint density at radius 3 is 2.56 bits per heavy atom. The summed E-state index contributed by atoms with van der Waals surface area (Å²) in [7, 11) is 1.75. The summed E-state index contributed by atoms with van der Waals surface area (Å²) < 4.78 is 5.64. The lowest BCUT2D eigenvalue weighted by atomic mass is 9.61. The Morgan fingerprint density at radius 1 is 1.15 bits per heavy atom. The van der Waals surface area contributed by atoms with E-state index in [-0.39, 0.29) is 29.5 Å². The van der Waals surface area contributed by atoms with E-state index in [0.717, 1.165) is 59.9 Å². The maximum absolute atomic E-state index is 14.1. The van der Waals surface area contributed by atoms with Crippen LogP contribution in [0.1, 0.15) is 63.1 Å². The zero-order chi connectivity index (χ0) is 24.1. The zero-order valence-electron chi connectivity index (χ0n) is 20.3. The van der Waals surface area contributed by atoms with Gasteiger partial charge in [0.15, 0.2) is 5.54 Å². The average molecular weight is 458 g/mol. The van der Waals surface area contributed by atoms with Crippen molar-refractivity contribution in [3.63, 3.8) is 0 Å². The number of nitrogens with zero attached hydrogens (tertiary/aromatic N) is 2. The number of hydrogen-bond acceptors (Lipinski definition) is 4. The van der Waals surface area contributed by atoms with E-state index in [2.05, 4.69) is 40.3 Å². The monoisotopic (exact) mass is 457 g/mol. The van der Waals surface area contributed by atoms with Crippen molar-refractivity contribution in [2.24, 2.45) is 5.41 Å². The van der Waals surface area contributed by atoms with Crippen LogP contribution < -0.4 is 5.32 Å². The van der Waals surface area contributed by atoms with Crippen LogP contribution in [-0.2, 0) is 21.5 Å². The van der Waals surface area contributed by atoms with Crippen molar-refractivity contribution in [3.8, 4) is 23.0 Å². The Balaban J connectivity index is 1.66. The molecule has 1 unspecified atom stereocenters. The number of carbonyl (C=O) groups is 2. The Labute approximate surface area is 201 Å². The first kappa shape index (κ1) is 22.6. The first-order valence-electron chi connectivity index (χ1n) is 12.1. The molecular weight excluding hydrogens is 426 g/mol. The minimum Gasteiger partial charge on any atom is -0.381 e. The van der Waals surface area contributed by atoms with Crippen LogP contribution in [0.25, 0.3) is 11.1 Å². The lowest BCUT2D eigenvalue weighted by molar-refractivity contribution is -0.139. The standard InChI is InChI=1S/C28H31N3O3/c1-5-6-19-13-22(17-29-16-19)20-7-8-21-15-27(11-9-23(34-4)10-12-27)28(24(21)14-20)25(32)31(18(2)3)26(33)30-28/h7-8,13-14,16-18,23H,9-12,15H2,1-4H3,(H,30,33). The predicted octanol–water partition coefficient (Wildman–Crippen LogP) is 4.41. The van der Waals surface area contributed by atoms with Gasteiger partial charge in [-0.3, -0.25) is 14.7 Å². The number of amides is 3. The topological polar surface area (TPSA) is 71.5 Å². The molecule has 2 heterocycles. The van der Waals surface area contributed by atoms with Gasteiger partial charge in [-0.05, 0) is 81.7 Å². The molecule has 1 aromatic carbocycles. The van der Waals surface area contributed by atoms with Crippen LogP contribution in [0.15, 0.2) is 36.7 Å². The van der Waals surface area contributed by atoms with Gasteiger partial charge in [0.25, 0.3) is 5.91 Å². The number of methoxy groups -OCH3 is 1. The maximum Gasteiger partial charge on any atom is 0.325 e. The fourth-order valence-electron chi connectivity index (χ4n) is 6.34. The number of imide groups is 1. The van der Waals surface area contributed by atoms with Gasteiger partial charge in [-0.25, -0.2) is 4.79 Å². The SMILES string of the molecule is CC#Cc1cncc(-c2ccc3c(c2)C2(NC(=O)N(C(C)C)C2=O)C2(CCC(OC)CC2)C3)c1. The van der Waals surface area contributed by atoms with Gasteiger partial charge in [0.2, 0.25) is 0 Å². The van der Waals surface area contributed by atoms with Gasteiger partial charge < -0.3 is 10.1 Å². The second kappa shape index (κ2) is 8.25. The van der Waals surface area contributed by atoms with Gasteiger partial charge in [-0.15, -0.1) is 5.92 Å². The van der Waals surface area contributed by atoms with Gasteiger partial charge in [0.1, 0.15) is 0 Å². The Hall–Kier alpha value is -3.17. The molecule has 34 heavy (non-hydrogen) atoms. The van der Waals surface area contributed by atoms with E-state index in [0.29, 0.717) is 0 Å². The second-order valence-corrected chi connectivity index (χ2v) is 10.1. The number of rotatable bonds is 3.